The van der Waals surface area contributed by atoms with Gasteiger partial charge >= 0.3 is 5.97 Å². The first-order chi connectivity index (χ1) is 9.22. The third-order valence-corrected chi connectivity index (χ3v) is 2.78. The normalized spacial score (nSPS) is 12.3. The molecule has 0 heterocycles. The van der Waals surface area contributed by atoms with Crippen molar-refractivity contribution in [3.8, 4) is 0 Å². The van der Waals surface area contributed by atoms with Crippen LogP contribution in [0.5, 0.6) is 0 Å². The predicted molar refractivity (Wildman–Crippen MR) is 72.1 cm³/mol. The van der Waals surface area contributed by atoms with Gasteiger partial charge < -0.3 is 4.74 Å². The predicted octanol–water partition coefficient (Wildman–Crippen LogP) is 3.63. The minimum Gasteiger partial charge on any atom is -0.459 e. The molecule has 5 nitrogen and oxygen atoms in total. The van der Waals surface area contributed by atoms with Gasteiger partial charge in [-0.15, -0.1) is 0 Å². The molecule has 6 heteroatoms. The molecule has 1 aromatic carbocycles. The zero-order chi connectivity index (χ0) is 15.4. The first-order valence-electron chi connectivity index (χ1n) is 6.37. The van der Waals surface area contributed by atoms with Crippen LogP contribution in [0.1, 0.15) is 43.1 Å². The summed E-state index contributed by atoms with van der Waals surface area (Å²) in [7, 11) is 0. The van der Waals surface area contributed by atoms with Gasteiger partial charge in [0.05, 0.1) is 11.0 Å². The van der Waals surface area contributed by atoms with Crippen molar-refractivity contribution in [3.63, 3.8) is 0 Å². The van der Waals surface area contributed by atoms with Crippen LogP contribution in [0.3, 0.4) is 0 Å². The number of halogens is 1. The molecule has 1 aromatic rings. The Bertz CT molecular complexity index is 528. The maximum atomic E-state index is 13.9. The summed E-state index contributed by atoms with van der Waals surface area (Å²) < 4.78 is 19.0. The van der Waals surface area contributed by atoms with Crippen LogP contribution < -0.4 is 0 Å². The summed E-state index contributed by atoms with van der Waals surface area (Å²) >= 11 is 0. The van der Waals surface area contributed by atoms with Crippen molar-refractivity contribution in [1.29, 1.82) is 0 Å². The number of non-ortho nitro benzene ring substituents is 1. The Morgan fingerprint density at radius 1 is 1.40 bits per heavy atom. The van der Waals surface area contributed by atoms with Crippen molar-refractivity contribution in [2.75, 3.05) is 0 Å². The minimum atomic E-state index is -0.873. The molecule has 0 saturated heterocycles. The SMILES string of the molecule is Cc1cc([N+](=O)[O-])cc(C(=O)OC(C)CC(C)C)c1F. The average Bonchev–Trinajstić information content (AvgIpc) is 2.30. The molecular formula is C14H18FNO4. The molecule has 1 atom stereocenters. The Kier molecular flexibility index (Phi) is 5.19. The molecule has 0 aromatic heterocycles. The number of aryl methyl sites for hydroxylation is 1. The lowest BCUT2D eigenvalue weighted by molar-refractivity contribution is -0.385. The zero-order valence-electron chi connectivity index (χ0n) is 12.0. The quantitative estimate of drug-likeness (QED) is 0.470. The number of benzene rings is 1. The summed E-state index contributed by atoms with van der Waals surface area (Å²) in [5, 5.41) is 10.7. The Morgan fingerprint density at radius 2 is 2.00 bits per heavy atom. The second kappa shape index (κ2) is 6.45. The van der Waals surface area contributed by atoms with Crippen LogP contribution in [-0.4, -0.2) is 17.0 Å². The van der Waals surface area contributed by atoms with Crippen molar-refractivity contribution in [2.24, 2.45) is 5.92 Å². The van der Waals surface area contributed by atoms with Crippen molar-refractivity contribution in [2.45, 2.75) is 40.2 Å². The maximum Gasteiger partial charge on any atom is 0.341 e. The van der Waals surface area contributed by atoms with E-state index in [4.69, 9.17) is 4.74 Å². The van der Waals surface area contributed by atoms with Gasteiger partial charge in [0.25, 0.3) is 5.69 Å². The molecule has 1 rings (SSSR count). The fraction of sp³-hybridized carbons (Fsp3) is 0.500. The Balaban J connectivity index is 3.00. The third kappa shape index (κ3) is 4.01. The van der Waals surface area contributed by atoms with Crippen molar-refractivity contribution in [1.82, 2.24) is 0 Å². The molecule has 0 aliphatic rings. The number of nitro groups is 1. The number of carbonyl (C=O) groups excluding carboxylic acids is 1. The molecule has 0 bridgehead atoms. The number of esters is 1. The highest BCUT2D eigenvalue weighted by molar-refractivity contribution is 5.91. The first-order valence-corrected chi connectivity index (χ1v) is 6.37. The van der Waals surface area contributed by atoms with Crippen molar-refractivity contribution >= 4 is 11.7 Å². The fourth-order valence-electron chi connectivity index (χ4n) is 1.96. The zero-order valence-corrected chi connectivity index (χ0v) is 12.0. The largest absolute Gasteiger partial charge is 0.459 e. The molecule has 110 valence electrons. The summed E-state index contributed by atoms with van der Waals surface area (Å²) in [6.07, 6.45) is 0.267. The lowest BCUT2D eigenvalue weighted by Gasteiger charge is -2.15. The Labute approximate surface area is 116 Å². The van der Waals surface area contributed by atoms with Crippen LogP contribution in [0, 0.1) is 28.8 Å². The number of carbonyl (C=O) groups is 1. The average molecular weight is 283 g/mol. The highest BCUT2D eigenvalue weighted by Gasteiger charge is 2.22. The molecule has 0 N–H and O–H groups in total. The van der Waals surface area contributed by atoms with E-state index in [0.717, 1.165) is 12.1 Å². The number of hydrogen-bond donors (Lipinski definition) is 0. The summed E-state index contributed by atoms with van der Waals surface area (Å²) in [6, 6.07) is 2.00. The molecule has 0 fully saturated rings. The molecule has 0 spiro atoms. The number of ether oxygens (including phenoxy) is 1. The molecule has 0 radical (unpaired) electrons. The van der Waals surface area contributed by atoms with Crippen molar-refractivity contribution < 1.29 is 18.8 Å². The van der Waals surface area contributed by atoms with Crippen LogP contribution in [-0.2, 0) is 4.74 Å². The third-order valence-electron chi connectivity index (χ3n) is 2.78. The molecule has 0 aliphatic carbocycles. The summed E-state index contributed by atoms with van der Waals surface area (Å²) in [5.41, 5.74) is -0.678. The van der Waals surface area contributed by atoms with Gasteiger partial charge in [-0.05, 0) is 31.7 Å². The van der Waals surface area contributed by atoms with Gasteiger partial charge in [-0.1, -0.05) is 13.8 Å². The monoisotopic (exact) mass is 283 g/mol. The van der Waals surface area contributed by atoms with Gasteiger partial charge in [0.2, 0.25) is 0 Å². The second-order valence-corrected chi connectivity index (χ2v) is 5.23. The standard InChI is InChI=1S/C14H18FNO4/c1-8(2)5-10(4)20-14(17)12-7-11(16(18)19)6-9(3)13(12)15/h6-8,10H,5H2,1-4H3. The number of nitro benzene ring substituents is 1. The van der Waals surface area contributed by atoms with E-state index < -0.39 is 22.3 Å². The first kappa shape index (κ1) is 16.1. The lowest BCUT2D eigenvalue weighted by atomic mass is 10.1. The number of rotatable bonds is 5. The van der Waals surface area contributed by atoms with Crippen LogP contribution >= 0.6 is 0 Å². The van der Waals surface area contributed by atoms with E-state index in [0.29, 0.717) is 12.3 Å². The fourth-order valence-corrected chi connectivity index (χ4v) is 1.96. The van der Waals surface area contributed by atoms with E-state index in [2.05, 4.69) is 0 Å². The van der Waals surface area contributed by atoms with Crippen LogP contribution in [0.25, 0.3) is 0 Å². The van der Waals surface area contributed by atoms with Gasteiger partial charge in [-0.3, -0.25) is 10.1 Å². The summed E-state index contributed by atoms with van der Waals surface area (Å²) in [6.45, 7) is 7.03. The summed E-state index contributed by atoms with van der Waals surface area (Å²) in [4.78, 5) is 22.0. The van der Waals surface area contributed by atoms with Gasteiger partial charge in [0.1, 0.15) is 11.4 Å². The Morgan fingerprint density at radius 3 is 2.50 bits per heavy atom. The van der Waals surface area contributed by atoms with E-state index in [9.17, 15) is 19.3 Å². The highest BCUT2D eigenvalue weighted by atomic mass is 19.1. The highest BCUT2D eigenvalue weighted by Crippen LogP contribution is 2.22. The maximum absolute atomic E-state index is 13.9. The molecule has 0 amide bonds. The van der Waals surface area contributed by atoms with Gasteiger partial charge in [-0.25, -0.2) is 9.18 Å². The molecular weight excluding hydrogens is 265 g/mol. The van der Waals surface area contributed by atoms with Gasteiger partial charge in [-0.2, -0.15) is 0 Å². The minimum absolute atomic E-state index is 0.0441. The molecule has 1 unspecified atom stereocenters. The van der Waals surface area contributed by atoms with Gasteiger partial charge in [0.15, 0.2) is 0 Å². The van der Waals surface area contributed by atoms with E-state index >= 15 is 0 Å². The second-order valence-electron chi connectivity index (χ2n) is 5.23. The van der Waals surface area contributed by atoms with E-state index in [1.54, 1.807) is 6.92 Å². The number of nitrogens with zero attached hydrogens (tertiary/aromatic N) is 1. The van der Waals surface area contributed by atoms with Crippen LogP contribution in [0.15, 0.2) is 12.1 Å². The molecule has 20 heavy (non-hydrogen) atoms. The van der Waals surface area contributed by atoms with E-state index in [1.807, 2.05) is 13.8 Å². The topological polar surface area (TPSA) is 69.4 Å². The summed E-state index contributed by atoms with van der Waals surface area (Å²) in [5.74, 6) is -1.32. The number of hydrogen-bond acceptors (Lipinski definition) is 4. The molecule has 0 aliphatic heterocycles. The molecule has 0 saturated carbocycles. The lowest BCUT2D eigenvalue weighted by Crippen LogP contribution is -2.18. The van der Waals surface area contributed by atoms with Crippen LogP contribution in [0.4, 0.5) is 10.1 Å². The van der Waals surface area contributed by atoms with E-state index in [-0.39, 0.29) is 17.4 Å². The van der Waals surface area contributed by atoms with E-state index in [1.165, 1.54) is 6.92 Å². The van der Waals surface area contributed by atoms with Gasteiger partial charge in [0, 0.05) is 12.1 Å². The Hall–Kier alpha value is -1.98. The van der Waals surface area contributed by atoms with Crippen molar-refractivity contribution in [3.05, 3.63) is 39.2 Å². The van der Waals surface area contributed by atoms with Crippen LogP contribution in [0.2, 0.25) is 0 Å². The smallest absolute Gasteiger partial charge is 0.341 e.